The van der Waals surface area contributed by atoms with Gasteiger partial charge in [0.25, 0.3) is 5.91 Å². The second-order valence-electron chi connectivity index (χ2n) is 7.02. The number of nitrogens with zero attached hydrogens (tertiary/aromatic N) is 2. The zero-order chi connectivity index (χ0) is 18.6. The Hall–Kier alpha value is -2.95. The molecule has 0 bridgehead atoms. The van der Waals surface area contributed by atoms with E-state index < -0.39 is 5.60 Å². The topological polar surface area (TPSA) is 59.5 Å². The van der Waals surface area contributed by atoms with Crippen molar-refractivity contribution in [3.8, 4) is 0 Å². The third-order valence-corrected chi connectivity index (χ3v) is 4.09. The molecule has 3 rings (SSSR count). The first-order valence-corrected chi connectivity index (χ1v) is 8.59. The summed E-state index contributed by atoms with van der Waals surface area (Å²) in [5.41, 5.74) is 1.24. The van der Waals surface area contributed by atoms with Gasteiger partial charge in [-0.25, -0.2) is 0 Å². The van der Waals surface area contributed by atoms with Crippen molar-refractivity contribution in [1.29, 1.82) is 0 Å². The molecule has 2 aromatic rings. The van der Waals surface area contributed by atoms with E-state index in [1.54, 1.807) is 17.3 Å². The molecule has 0 N–H and O–H groups in total. The van der Waals surface area contributed by atoms with Gasteiger partial charge >= 0.3 is 0 Å². The van der Waals surface area contributed by atoms with Crippen molar-refractivity contribution in [3.63, 3.8) is 0 Å². The van der Waals surface area contributed by atoms with E-state index in [0.717, 1.165) is 11.1 Å². The van der Waals surface area contributed by atoms with Crippen molar-refractivity contribution in [1.82, 2.24) is 9.88 Å². The highest BCUT2D eigenvalue weighted by atomic mass is 16.5. The van der Waals surface area contributed by atoms with Crippen LogP contribution in [0, 0.1) is 0 Å². The maximum absolute atomic E-state index is 13.1. The number of pyridine rings is 1. The lowest BCUT2D eigenvalue weighted by Crippen LogP contribution is -2.39. The standard InChI is InChI=1S/C21H22N2O3/c1-21(2)12-18(24)11-19(26-21)20(25)23(14-16-7-4-3-5-8-16)15-17-9-6-10-22-13-17/h3-11,13H,12,14-15H2,1-2H3. The Kier molecular flexibility index (Phi) is 5.16. The Balaban J connectivity index is 1.86. The first kappa shape index (κ1) is 17.9. The fraction of sp³-hybridized carbons (Fsp3) is 0.286. The van der Waals surface area contributed by atoms with Crippen molar-refractivity contribution >= 4 is 11.7 Å². The molecule has 5 heteroatoms. The molecule has 0 spiro atoms. The number of amides is 1. The SMILES string of the molecule is CC1(C)CC(=O)C=C(C(=O)N(Cc2ccccc2)Cc2cccnc2)O1. The quantitative estimate of drug-likeness (QED) is 0.830. The predicted molar refractivity (Wildman–Crippen MR) is 97.8 cm³/mol. The number of aromatic nitrogens is 1. The molecule has 1 aromatic heterocycles. The summed E-state index contributed by atoms with van der Waals surface area (Å²) < 4.78 is 5.80. The van der Waals surface area contributed by atoms with E-state index in [4.69, 9.17) is 4.74 Å². The summed E-state index contributed by atoms with van der Waals surface area (Å²) in [5, 5.41) is 0. The van der Waals surface area contributed by atoms with Crippen LogP contribution in [0.2, 0.25) is 0 Å². The van der Waals surface area contributed by atoms with Crippen LogP contribution in [-0.2, 0) is 27.4 Å². The molecule has 1 aromatic carbocycles. The first-order chi connectivity index (χ1) is 12.4. The van der Waals surface area contributed by atoms with Crippen LogP contribution in [0.15, 0.2) is 66.7 Å². The summed E-state index contributed by atoms with van der Waals surface area (Å²) in [5.74, 6) is -0.282. The molecule has 0 atom stereocenters. The molecule has 0 unspecified atom stereocenters. The van der Waals surface area contributed by atoms with Crippen LogP contribution in [0.3, 0.4) is 0 Å². The van der Waals surface area contributed by atoms with Gasteiger partial charge in [-0.15, -0.1) is 0 Å². The molecule has 2 heterocycles. The van der Waals surface area contributed by atoms with Gasteiger partial charge < -0.3 is 9.64 Å². The maximum Gasteiger partial charge on any atom is 0.289 e. The van der Waals surface area contributed by atoms with E-state index >= 15 is 0 Å². The average Bonchev–Trinajstić information content (AvgIpc) is 2.60. The van der Waals surface area contributed by atoms with E-state index in [-0.39, 0.29) is 23.9 Å². The summed E-state index contributed by atoms with van der Waals surface area (Å²) >= 11 is 0. The Bertz CT molecular complexity index is 772. The normalized spacial score (nSPS) is 15.8. The molecule has 0 fully saturated rings. The molecule has 1 aliphatic rings. The van der Waals surface area contributed by atoms with Crippen LogP contribution < -0.4 is 0 Å². The fourth-order valence-corrected chi connectivity index (χ4v) is 2.96. The van der Waals surface area contributed by atoms with Gasteiger partial charge in [0, 0.05) is 38.0 Å². The van der Waals surface area contributed by atoms with Gasteiger partial charge in [0.2, 0.25) is 0 Å². The van der Waals surface area contributed by atoms with E-state index in [1.165, 1.54) is 6.08 Å². The van der Waals surface area contributed by atoms with Crippen LogP contribution in [-0.4, -0.2) is 27.2 Å². The van der Waals surface area contributed by atoms with Crippen LogP contribution in [0.25, 0.3) is 0 Å². The third kappa shape index (κ3) is 4.57. The van der Waals surface area contributed by atoms with Gasteiger partial charge in [0.05, 0.1) is 0 Å². The van der Waals surface area contributed by atoms with Crippen molar-refractivity contribution < 1.29 is 14.3 Å². The molecule has 1 aliphatic heterocycles. The highest BCUT2D eigenvalue weighted by Crippen LogP contribution is 2.26. The number of hydrogen-bond acceptors (Lipinski definition) is 4. The number of rotatable bonds is 5. The van der Waals surface area contributed by atoms with Gasteiger partial charge in [0.1, 0.15) is 5.60 Å². The van der Waals surface area contributed by atoms with Crippen LogP contribution >= 0.6 is 0 Å². The monoisotopic (exact) mass is 350 g/mol. The van der Waals surface area contributed by atoms with Crippen molar-refractivity contribution in [2.75, 3.05) is 0 Å². The van der Waals surface area contributed by atoms with Crippen LogP contribution in [0.5, 0.6) is 0 Å². The van der Waals surface area contributed by atoms with Gasteiger partial charge in [-0.2, -0.15) is 0 Å². The molecule has 5 nitrogen and oxygen atoms in total. The van der Waals surface area contributed by atoms with E-state index in [2.05, 4.69) is 4.98 Å². The lowest BCUT2D eigenvalue weighted by atomic mass is 9.98. The van der Waals surface area contributed by atoms with Gasteiger partial charge in [-0.1, -0.05) is 36.4 Å². The molecule has 0 saturated heterocycles. The van der Waals surface area contributed by atoms with E-state index in [0.29, 0.717) is 13.1 Å². The highest BCUT2D eigenvalue weighted by Gasteiger charge is 2.33. The lowest BCUT2D eigenvalue weighted by molar-refractivity contribution is -0.139. The summed E-state index contributed by atoms with van der Waals surface area (Å²) in [7, 11) is 0. The summed E-state index contributed by atoms with van der Waals surface area (Å²) in [6.07, 6.45) is 5.01. The Morgan fingerprint density at radius 1 is 1.12 bits per heavy atom. The van der Waals surface area contributed by atoms with Gasteiger partial charge in [-0.3, -0.25) is 14.6 Å². The molecule has 0 saturated carbocycles. The minimum Gasteiger partial charge on any atom is -0.481 e. The number of carbonyl (C=O) groups excluding carboxylic acids is 2. The lowest BCUT2D eigenvalue weighted by Gasteiger charge is -2.32. The van der Waals surface area contributed by atoms with E-state index in [9.17, 15) is 9.59 Å². The predicted octanol–water partition coefficient (Wildman–Crippen LogP) is 3.26. The fourth-order valence-electron chi connectivity index (χ4n) is 2.96. The average molecular weight is 350 g/mol. The number of ether oxygens (including phenoxy) is 1. The molecule has 1 amide bonds. The first-order valence-electron chi connectivity index (χ1n) is 8.59. The minimum atomic E-state index is -0.677. The number of carbonyl (C=O) groups is 2. The smallest absolute Gasteiger partial charge is 0.289 e. The second-order valence-corrected chi connectivity index (χ2v) is 7.02. The summed E-state index contributed by atoms with van der Waals surface area (Å²) in [4.78, 5) is 30.9. The molecular weight excluding hydrogens is 328 g/mol. The van der Waals surface area contributed by atoms with Crippen molar-refractivity contribution in [3.05, 3.63) is 77.8 Å². The number of ketones is 1. The minimum absolute atomic E-state index is 0.0920. The molecular formula is C21H22N2O3. The number of benzene rings is 1. The largest absolute Gasteiger partial charge is 0.481 e. The maximum atomic E-state index is 13.1. The third-order valence-electron chi connectivity index (χ3n) is 4.09. The zero-order valence-corrected chi connectivity index (χ0v) is 15.0. The van der Waals surface area contributed by atoms with Crippen LogP contribution in [0.4, 0.5) is 0 Å². The second kappa shape index (κ2) is 7.52. The van der Waals surface area contributed by atoms with Gasteiger partial charge in [0.15, 0.2) is 11.5 Å². The van der Waals surface area contributed by atoms with Crippen molar-refractivity contribution in [2.45, 2.75) is 39.0 Å². The van der Waals surface area contributed by atoms with Crippen LogP contribution in [0.1, 0.15) is 31.4 Å². The summed E-state index contributed by atoms with van der Waals surface area (Å²) in [6.45, 7) is 4.43. The summed E-state index contributed by atoms with van der Waals surface area (Å²) in [6, 6.07) is 13.5. The Morgan fingerprint density at radius 2 is 1.81 bits per heavy atom. The molecule has 26 heavy (non-hydrogen) atoms. The molecule has 0 radical (unpaired) electrons. The number of allylic oxidation sites excluding steroid dienone is 1. The molecule has 134 valence electrons. The Morgan fingerprint density at radius 3 is 2.46 bits per heavy atom. The zero-order valence-electron chi connectivity index (χ0n) is 15.0. The number of hydrogen-bond donors (Lipinski definition) is 0. The highest BCUT2D eigenvalue weighted by molar-refractivity contribution is 6.01. The molecule has 0 aliphatic carbocycles. The Labute approximate surface area is 153 Å². The van der Waals surface area contributed by atoms with Crippen molar-refractivity contribution in [2.24, 2.45) is 0 Å². The van der Waals surface area contributed by atoms with E-state index in [1.807, 2.05) is 56.3 Å². The van der Waals surface area contributed by atoms with Gasteiger partial charge in [-0.05, 0) is 31.0 Å².